The lowest BCUT2D eigenvalue weighted by atomic mass is 10.0. The van der Waals surface area contributed by atoms with Crippen LogP contribution >= 0.6 is 0 Å². The molecule has 1 heterocycles. The number of nitrogens with two attached hydrogens (primary N) is 1. The number of sulfonamides is 1. The van der Waals surface area contributed by atoms with Crippen LogP contribution in [0.3, 0.4) is 0 Å². The largest absolute Gasteiger partial charge is 0.480 e. The Morgan fingerprint density at radius 3 is 2.43 bits per heavy atom. The van der Waals surface area contributed by atoms with E-state index in [-0.39, 0.29) is 34.4 Å². The van der Waals surface area contributed by atoms with E-state index in [9.17, 15) is 23.1 Å². The van der Waals surface area contributed by atoms with Crippen LogP contribution in [0.15, 0.2) is 96.0 Å². The monoisotopic (exact) mass is 581 g/mol. The van der Waals surface area contributed by atoms with Crippen LogP contribution in [0.25, 0.3) is 21.7 Å². The predicted molar refractivity (Wildman–Crippen MR) is 161 cm³/mol. The van der Waals surface area contributed by atoms with Gasteiger partial charge < -0.3 is 16.2 Å². The average molecular weight is 582 g/mol. The third-order valence-corrected chi connectivity index (χ3v) is 8.72. The van der Waals surface area contributed by atoms with Gasteiger partial charge in [0.1, 0.15) is 17.3 Å². The molecule has 5 rings (SSSR count). The first-order valence-corrected chi connectivity index (χ1v) is 14.3. The van der Waals surface area contributed by atoms with Crippen molar-refractivity contribution in [2.24, 2.45) is 5.73 Å². The van der Waals surface area contributed by atoms with E-state index in [1.165, 1.54) is 18.3 Å². The van der Waals surface area contributed by atoms with Crippen LogP contribution in [0.5, 0.6) is 0 Å². The van der Waals surface area contributed by atoms with Gasteiger partial charge in [-0.3, -0.25) is 24.3 Å². The van der Waals surface area contributed by atoms with Crippen LogP contribution in [0.4, 0.5) is 5.69 Å². The normalized spacial score (nSPS) is 11.4. The van der Waals surface area contributed by atoms with Gasteiger partial charge >= 0.3 is 5.97 Å². The summed E-state index contributed by atoms with van der Waals surface area (Å²) in [5.41, 5.74) is 8.51. The minimum atomic E-state index is -4.35. The van der Waals surface area contributed by atoms with Crippen molar-refractivity contribution in [2.75, 3.05) is 10.8 Å². The molecule has 42 heavy (non-hydrogen) atoms. The summed E-state index contributed by atoms with van der Waals surface area (Å²) < 4.78 is 28.7. The number of fused-ring (bicyclic) bond motifs is 2. The molecule has 0 saturated carbocycles. The van der Waals surface area contributed by atoms with E-state index < -0.39 is 22.5 Å². The van der Waals surface area contributed by atoms with Crippen LogP contribution in [0.2, 0.25) is 0 Å². The summed E-state index contributed by atoms with van der Waals surface area (Å²) in [4.78, 5) is 29.1. The molecular formula is C31H27N5O5S. The van der Waals surface area contributed by atoms with Gasteiger partial charge in [0.15, 0.2) is 0 Å². The second-order valence-corrected chi connectivity index (χ2v) is 11.5. The number of anilines is 1. The number of carboxylic acids is 1. The zero-order valence-corrected chi connectivity index (χ0v) is 23.4. The highest BCUT2D eigenvalue weighted by atomic mass is 32.2. The van der Waals surface area contributed by atoms with Crippen LogP contribution < -0.4 is 15.4 Å². The molecule has 0 radical (unpaired) electrons. The quantitative estimate of drug-likeness (QED) is 0.150. The Labute approximate surface area is 242 Å². The number of carbonyl (C=O) groups excluding carboxylic acids is 1. The minimum absolute atomic E-state index is 0.0423. The number of benzene rings is 4. The van der Waals surface area contributed by atoms with Crippen molar-refractivity contribution in [1.82, 2.24) is 10.3 Å². The molecule has 0 fully saturated rings. The molecular weight excluding hydrogens is 554 g/mol. The lowest BCUT2D eigenvalue weighted by Gasteiger charge is -2.24. The number of carboxylic acid groups (broad SMARTS) is 1. The van der Waals surface area contributed by atoms with Gasteiger partial charge in [0, 0.05) is 29.3 Å². The number of aromatic nitrogens is 1. The molecule has 1 aromatic heterocycles. The van der Waals surface area contributed by atoms with Crippen LogP contribution in [0.1, 0.15) is 27.0 Å². The van der Waals surface area contributed by atoms with E-state index >= 15 is 0 Å². The Kier molecular flexibility index (Phi) is 7.60. The Morgan fingerprint density at radius 2 is 1.71 bits per heavy atom. The highest BCUT2D eigenvalue weighted by Gasteiger charge is 2.30. The first-order chi connectivity index (χ1) is 20.1. The van der Waals surface area contributed by atoms with Gasteiger partial charge in [-0.2, -0.15) is 0 Å². The first-order valence-electron chi connectivity index (χ1n) is 12.9. The first kappa shape index (κ1) is 28.2. The topological polar surface area (TPSA) is 167 Å². The highest BCUT2D eigenvalue weighted by molar-refractivity contribution is 7.93. The van der Waals surface area contributed by atoms with E-state index in [1.807, 2.05) is 6.92 Å². The van der Waals surface area contributed by atoms with Gasteiger partial charge in [0.05, 0.1) is 11.2 Å². The fraction of sp³-hybridized carbons (Fsp3) is 0.0968. The molecule has 11 heteroatoms. The number of hydrogen-bond acceptors (Lipinski definition) is 6. The molecule has 0 aliphatic heterocycles. The maximum absolute atomic E-state index is 13.9. The smallest absolute Gasteiger partial charge is 0.324 e. The Morgan fingerprint density at radius 1 is 0.976 bits per heavy atom. The van der Waals surface area contributed by atoms with Crippen LogP contribution in [0, 0.1) is 12.3 Å². The van der Waals surface area contributed by atoms with Crippen LogP contribution in [-0.4, -0.2) is 42.8 Å². The van der Waals surface area contributed by atoms with E-state index in [0.29, 0.717) is 27.3 Å². The Hall–Kier alpha value is -5.29. The van der Waals surface area contributed by atoms with E-state index in [4.69, 9.17) is 11.1 Å². The second-order valence-electron chi connectivity index (χ2n) is 9.69. The van der Waals surface area contributed by atoms with Gasteiger partial charge in [0.2, 0.25) is 0 Å². The van der Waals surface area contributed by atoms with Crippen molar-refractivity contribution in [3.8, 4) is 0 Å². The number of nitrogen functional groups attached to an aromatic ring is 1. The third-order valence-electron chi connectivity index (χ3n) is 6.91. The second kappa shape index (κ2) is 11.3. The third kappa shape index (κ3) is 5.50. The standard InChI is InChI=1S/C31H27N5O5S/c1-19-14-15-34-29-24(19)5-3-7-27(29)42(40,41)36(18-28(37)38)23-12-13-25-22(16-23)4-2-6-26(25)31(39)35-17-20-8-10-21(11-9-20)30(32)33/h2-16H,17-18H2,1H3,(H3,32,33)(H,35,39)(H,37,38). The Balaban J connectivity index is 1.48. The number of rotatable bonds is 9. The molecule has 4 aromatic carbocycles. The number of amidine groups is 1. The number of hydrogen-bond donors (Lipinski definition) is 4. The van der Waals surface area contributed by atoms with Crippen molar-refractivity contribution < 1.29 is 23.1 Å². The summed E-state index contributed by atoms with van der Waals surface area (Å²) in [6.07, 6.45) is 1.52. The van der Waals surface area contributed by atoms with Gasteiger partial charge in [-0.15, -0.1) is 0 Å². The Bertz CT molecular complexity index is 1970. The maximum atomic E-state index is 13.9. The number of aryl methyl sites for hydroxylation is 1. The summed E-state index contributed by atoms with van der Waals surface area (Å²) in [6.45, 7) is 1.28. The molecule has 10 nitrogen and oxygen atoms in total. The number of amides is 1. The zero-order chi connectivity index (χ0) is 30.0. The van der Waals surface area contributed by atoms with Gasteiger partial charge in [-0.1, -0.05) is 54.6 Å². The number of nitrogens with zero attached hydrogens (tertiary/aromatic N) is 2. The molecule has 0 aliphatic carbocycles. The molecule has 0 spiro atoms. The fourth-order valence-corrected chi connectivity index (χ4v) is 6.32. The number of pyridine rings is 1. The molecule has 212 valence electrons. The molecule has 0 saturated heterocycles. The molecule has 0 bridgehead atoms. The summed E-state index contributed by atoms with van der Waals surface area (Å²) in [5.74, 6) is -1.71. The van der Waals surface area contributed by atoms with Crippen molar-refractivity contribution in [1.29, 1.82) is 5.41 Å². The summed E-state index contributed by atoms with van der Waals surface area (Å²) in [6, 6.07) is 23.2. The van der Waals surface area contributed by atoms with Crippen molar-refractivity contribution in [3.05, 3.63) is 113 Å². The molecule has 0 unspecified atom stereocenters. The fourth-order valence-electron chi connectivity index (χ4n) is 4.76. The van der Waals surface area contributed by atoms with Gasteiger partial charge in [-0.05, 0) is 59.2 Å². The number of carbonyl (C=O) groups is 2. The highest BCUT2D eigenvalue weighted by Crippen LogP contribution is 2.31. The molecule has 0 atom stereocenters. The van der Waals surface area contributed by atoms with E-state index in [1.54, 1.807) is 72.8 Å². The maximum Gasteiger partial charge on any atom is 0.324 e. The van der Waals surface area contributed by atoms with E-state index in [0.717, 1.165) is 15.4 Å². The summed E-state index contributed by atoms with van der Waals surface area (Å²) >= 11 is 0. The SMILES string of the molecule is Cc1ccnc2c(S(=O)(=O)N(CC(=O)O)c3ccc4c(C(=O)NCc5ccc(C(=N)N)cc5)cccc4c3)cccc12. The molecule has 0 aliphatic rings. The zero-order valence-electron chi connectivity index (χ0n) is 22.5. The van der Waals surface area contributed by atoms with Gasteiger partial charge in [-0.25, -0.2) is 8.42 Å². The van der Waals surface area contributed by atoms with Crippen LogP contribution in [-0.2, 0) is 21.4 Å². The number of para-hydroxylation sites is 1. The predicted octanol–water partition coefficient (Wildman–Crippen LogP) is 4.19. The molecule has 1 amide bonds. The minimum Gasteiger partial charge on any atom is -0.480 e. The molecule has 5 aromatic rings. The van der Waals surface area contributed by atoms with Crippen molar-refractivity contribution in [2.45, 2.75) is 18.4 Å². The summed E-state index contributed by atoms with van der Waals surface area (Å²) in [7, 11) is -4.35. The summed E-state index contributed by atoms with van der Waals surface area (Å²) in [5, 5.41) is 21.8. The molecule has 5 N–H and O–H groups in total. The average Bonchev–Trinajstić information content (AvgIpc) is 2.98. The number of aliphatic carboxylic acids is 1. The van der Waals surface area contributed by atoms with E-state index in [2.05, 4.69) is 10.3 Å². The lowest BCUT2D eigenvalue weighted by molar-refractivity contribution is -0.135. The van der Waals surface area contributed by atoms with Gasteiger partial charge in [0.25, 0.3) is 15.9 Å². The van der Waals surface area contributed by atoms with Crippen molar-refractivity contribution >= 4 is 55.1 Å². The number of nitrogens with one attached hydrogen (secondary N) is 2. The van der Waals surface area contributed by atoms with Crippen molar-refractivity contribution in [3.63, 3.8) is 0 Å². The lowest BCUT2D eigenvalue weighted by Crippen LogP contribution is -2.36.